The number of alkyl halides is 6. The lowest BCUT2D eigenvalue weighted by Gasteiger charge is -2.16. The molecule has 0 aliphatic rings. The Morgan fingerprint density at radius 1 is 1.03 bits per heavy atom. The normalized spacial score (nSPS) is 13.2. The van der Waals surface area contributed by atoms with E-state index in [1.165, 1.54) is 36.7 Å². The Bertz CT molecular complexity index is 1050. The Kier molecular flexibility index (Phi) is 7.06. The molecule has 0 saturated carbocycles. The van der Waals surface area contributed by atoms with Crippen molar-refractivity contribution in [3.05, 3.63) is 66.1 Å². The molecular weight excluding hydrogens is 458 g/mol. The SMILES string of the molecule is Cn1cnc(-c2cc([S+]([O-])NCC(F)(F)F)ccc2NCc2ccc(C(F)(F)F)cc2)c1. The van der Waals surface area contributed by atoms with E-state index in [2.05, 4.69) is 10.3 Å². The fourth-order valence-electron chi connectivity index (χ4n) is 2.80. The highest BCUT2D eigenvalue weighted by Crippen LogP contribution is 2.31. The van der Waals surface area contributed by atoms with E-state index in [1.54, 1.807) is 17.8 Å². The van der Waals surface area contributed by atoms with Crippen molar-refractivity contribution in [1.82, 2.24) is 14.3 Å². The summed E-state index contributed by atoms with van der Waals surface area (Å²) in [6.45, 7) is -1.22. The van der Waals surface area contributed by atoms with Crippen LogP contribution in [-0.4, -0.2) is 26.8 Å². The van der Waals surface area contributed by atoms with Crippen LogP contribution < -0.4 is 10.0 Å². The summed E-state index contributed by atoms with van der Waals surface area (Å²) in [4.78, 5) is 4.34. The van der Waals surface area contributed by atoms with Gasteiger partial charge in [-0.25, -0.2) is 4.98 Å². The zero-order valence-electron chi connectivity index (χ0n) is 16.6. The molecule has 32 heavy (non-hydrogen) atoms. The van der Waals surface area contributed by atoms with Crippen molar-refractivity contribution in [2.75, 3.05) is 11.9 Å². The Morgan fingerprint density at radius 2 is 1.72 bits per heavy atom. The van der Waals surface area contributed by atoms with Crippen molar-refractivity contribution in [2.45, 2.75) is 23.8 Å². The molecule has 3 aromatic rings. The van der Waals surface area contributed by atoms with E-state index >= 15 is 0 Å². The largest absolute Gasteiger partial charge is 0.593 e. The molecule has 12 heteroatoms. The maximum Gasteiger partial charge on any atom is 0.416 e. The summed E-state index contributed by atoms with van der Waals surface area (Å²) >= 11 is -2.11. The van der Waals surface area contributed by atoms with Gasteiger partial charge in [0.2, 0.25) is 0 Å². The molecule has 0 spiro atoms. The van der Waals surface area contributed by atoms with Crippen LogP contribution in [0, 0.1) is 0 Å². The molecule has 1 aromatic heterocycles. The van der Waals surface area contributed by atoms with Gasteiger partial charge >= 0.3 is 12.4 Å². The van der Waals surface area contributed by atoms with Crippen LogP contribution in [0.5, 0.6) is 0 Å². The molecule has 0 aliphatic heterocycles. The van der Waals surface area contributed by atoms with Gasteiger partial charge in [-0.3, -0.25) is 0 Å². The van der Waals surface area contributed by atoms with Gasteiger partial charge in [-0.05, 0) is 29.8 Å². The first-order chi connectivity index (χ1) is 14.9. The number of aromatic nitrogens is 2. The van der Waals surface area contributed by atoms with Crippen LogP contribution in [0.15, 0.2) is 59.9 Å². The van der Waals surface area contributed by atoms with Crippen LogP contribution in [0.1, 0.15) is 11.1 Å². The van der Waals surface area contributed by atoms with Crippen molar-refractivity contribution in [2.24, 2.45) is 7.05 Å². The minimum atomic E-state index is -4.51. The lowest BCUT2D eigenvalue weighted by molar-refractivity contribution is -0.137. The maximum absolute atomic E-state index is 12.7. The fourth-order valence-corrected chi connectivity index (χ4v) is 3.67. The maximum atomic E-state index is 12.7. The highest BCUT2D eigenvalue weighted by Gasteiger charge is 2.31. The summed E-state index contributed by atoms with van der Waals surface area (Å²) in [5.41, 5.74) is 1.33. The van der Waals surface area contributed by atoms with E-state index in [9.17, 15) is 30.9 Å². The number of halogens is 6. The quantitative estimate of drug-likeness (QED) is 0.377. The average molecular weight is 476 g/mol. The van der Waals surface area contributed by atoms with E-state index in [4.69, 9.17) is 0 Å². The van der Waals surface area contributed by atoms with Gasteiger partial charge in [0, 0.05) is 37.1 Å². The number of nitrogens with zero attached hydrogens (tertiary/aromatic N) is 2. The zero-order chi connectivity index (χ0) is 23.5. The van der Waals surface area contributed by atoms with Gasteiger partial charge in [0.05, 0.1) is 28.9 Å². The lowest BCUT2D eigenvalue weighted by Crippen LogP contribution is -2.33. The fraction of sp³-hybridized carbons (Fsp3) is 0.250. The summed E-state index contributed by atoms with van der Waals surface area (Å²) < 4.78 is 91.2. The molecule has 0 fully saturated rings. The third-order valence-corrected chi connectivity index (χ3v) is 5.44. The van der Waals surface area contributed by atoms with Gasteiger partial charge in [-0.15, -0.1) is 4.72 Å². The first-order valence-electron chi connectivity index (χ1n) is 9.17. The Morgan fingerprint density at radius 3 is 2.28 bits per heavy atom. The Labute approximate surface area is 182 Å². The third kappa shape index (κ3) is 6.40. The predicted molar refractivity (Wildman–Crippen MR) is 108 cm³/mol. The summed E-state index contributed by atoms with van der Waals surface area (Å²) in [5.74, 6) is 0. The molecule has 0 aliphatic carbocycles. The van der Waals surface area contributed by atoms with Crippen LogP contribution in [0.3, 0.4) is 0 Å². The molecule has 0 bridgehead atoms. The van der Waals surface area contributed by atoms with Crippen LogP contribution in [0.2, 0.25) is 0 Å². The molecule has 1 atom stereocenters. The first-order valence-corrected chi connectivity index (χ1v) is 10.3. The molecule has 1 unspecified atom stereocenters. The molecular formula is C20H18F6N4OS. The summed E-state index contributed by atoms with van der Waals surface area (Å²) in [7, 11) is 1.73. The van der Waals surface area contributed by atoms with E-state index in [-0.39, 0.29) is 11.4 Å². The second-order valence-electron chi connectivity index (χ2n) is 6.89. The van der Waals surface area contributed by atoms with Crippen molar-refractivity contribution < 1.29 is 30.9 Å². The number of aryl methyl sites for hydroxylation is 1. The van der Waals surface area contributed by atoms with Gasteiger partial charge in [0.15, 0.2) is 4.90 Å². The van der Waals surface area contributed by atoms with Gasteiger partial charge in [-0.2, -0.15) is 26.3 Å². The topological polar surface area (TPSA) is 64.9 Å². The summed E-state index contributed by atoms with van der Waals surface area (Å²) in [6.07, 6.45) is -5.73. The monoisotopic (exact) mass is 476 g/mol. The highest BCUT2D eigenvalue weighted by atomic mass is 32.2. The molecule has 0 saturated heterocycles. The predicted octanol–water partition coefficient (Wildman–Crippen LogP) is 4.89. The number of nitrogens with one attached hydrogen (secondary N) is 2. The van der Waals surface area contributed by atoms with Crippen LogP contribution in [0.4, 0.5) is 32.0 Å². The number of anilines is 1. The van der Waals surface area contributed by atoms with E-state index in [1.807, 2.05) is 4.72 Å². The summed E-state index contributed by atoms with van der Waals surface area (Å²) in [6, 6.07) is 9.06. The minimum Gasteiger partial charge on any atom is -0.593 e. The molecule has 1 heterocycles. The minimum absolute atomic E-state index is 0.120. The van der Waals surface area contributed by atoms with E-state index < -0.39 is 35.8 Å². The van der Waals surface area contributed by atoms with Crippen molar-refractivity contribution in [3.63, 3.8) is 0 Å². The van der Waals surface area contributed by atoms with Gasteiger partial charge < -0.3 is 14.4 Å². The van der Waals surface area contributed by atoms with E-state index in [0.29, 0.717) is 22.5 Å². The molecule has 2 N–H and O–H groups in total. The van der Waals surface area contributed by atoms with E-state index in [0.717, 1.165) is 12.1 Å². The number of imidazole rings is 1. The van der Waals surface area contributed by atoms with Gasteiger partial charge in [0.25, 0.3) is 0 Å². The Balaban J connectivity index is 1.82. The average Bonchev–Trinajstić information content (AvgIpc) is 3.15. The van der Waals surface area contributed by atoms with Crippen LogP contribution >= 0.6 is 0 Å². The molecule has 2 aromatic carbocycles. The number of hydrogen-bond donors (Lipinski definition) is 2. The molecule has 172 valence electrons. The second kappa shape index (κ2) is 9.43. The summed E-state index contributed by atoms with van der Waals surface area (Å²) in [5, 5.41) is 3.09. The molecule has 3 rings (SSSR count). The molecule has 0 amide bonds. The highest BCUT2D eigenvalue weighted by molar-refractivity contribution is 7.89. The number of benzene rings is 2. The standard InChI is InChI=1S/C20H18F6N4OS/c1-30-10-18(28-12-30)16-8-15(32(31)29-11-19(21,22)23)6-7-17(16)27-9-13-2-4-14(5-3-13)20(24,25)26/h2-8,10,12,27,29H,9,11H2,1H3. The van der Waals surface area contributed by atoms with Gasteiger partial charge in [-0.1, -0.05) is 12.1 Å². The van der Waals surface area contributed by atoms with Crippen LogP contribution in [0.25, 0.3) is 11.3 Å². The lowest BCUT2D eigenvalue weighted by atomic mass is 10.1. The van der Waals surface area contributed by atoms with Crippen LogP contribution in [-0.2, 0) is 31.1 Å². The van der Waals surface area contributed by atoms with Crippen molar-refractivity contribution in [1.29, 1.82) is 0 Å². The number of rotatable bonds is 7. The molecule has 5 nitrogen and oxygen atoms in total. The molecule has 0 radical (unpaired) electrons. The van der Waals surface area contributed by atoms with Crippen molar-refractivity contribution >= 4 is 17.0 Å². The van der Waals surface area contributed by atoms with Crippen molar-refractivity contribution in [3.8, 4) is 11.3 Å². The zero-order valence-corrected chi connectivity index (χ0v) is 17.4. The smallest absolute Gasteiger partial charge is 0.416 e. The third-order valence-electron chi connectivity index (χ3n) is 4.35. The van der Waals surface area contributed by atoms with Gasteiger partial charge in [0.1, 0.15) is 6.54 Å². The Hall–Kier alpha value is -2.70. The first kappa shape index (κ1) is 24.0. The second-order valence-corrected chi connectivity index (χ2v) is 8.18. The number of hydrogen-bond acceptors (Lipinski definition) is 4.